The fourth-order valence-corrected chi connectivity index (χ4v) is 3.63. The van der Waals surface area contributed by atoms with Crippen LogP contribution in [0.15, 0.2) is 36.5 Å². The second kappa shape index (κ2) is 6.92. The number of hydrogen-bond acceptors (Lipinski definition) is 3. The quantitative estimate of drug-likeness (QED) is 0.810. The molecular weight excluding hydrogens is 371 g/mol. The number of aromatic nitrogens is 1. The number of pyridine rings is 1. The predicted octanol–water partition coefficient (Wildman–Crippen LogP) is 3.28. The third-order valence-electron chi connectivity index (χ3n) is 5.13. The molecule has 146 valence electrons. The molecule has 1 aromatic carbocycles. The van der Waals surface area contributed by atoms with Crippen molar-refractivity contribution in [2.45, 2.75) is 25.4 Å². The third kappa shape index (κ3) is 3.46. The van der Waals surface area contributed by atoms with Gasteiger partial charge in [0, 0.05) is 24.8 Å². The van der Waals surface area contributed by atoms with Crippen LogP contribution in [-0.2, 0) is 22.2 Å². The number of benzene rings is 1. The van der Waals surface area contributed by atoms with E-state index in [-0.39, 0.29) is 24.8 Å². The zero-order valence-electron chi connectivity index (χ0n) is 15.0. The van der Waals surface area contributed by atoms with Crippen LogP contribution >= 0.6 is 0 Å². The number of amides is 2. The van der Waals surface area contributed by atoms with E-state index in [2.05, 4.69) is 4.98 Å². The van der Waals surface area contributed by atoms with E-state index in [1.807, 2.05) is 0 Å². The van der Waals surface area contributed by atoms with E-state index in [1.165, 1.54) is 17.2 Å². The van der Waals surface area contributed by atoms with Gasteiger partial charge >= 0.3 is 6.18 Å². The summed E-state index contributed by atoms with van der Waals surface area (Å²) in [6.45, 7) is 1.31. The number of nitrogens with zero attached hydrogens (tertiary/aromatic N) is 3. The van der Waals surface area contributed by atoms with Gasteiger partial charge in [-0.15, -0.1) is 0 Å². The van der Waals surface area contributed by atoms with E-state index in [0.29, 0.717) is 35.6 Å². The van der Waals surface area contributed by atoms with Crippen molar-refractivity contribution in [3.8, 4) is 11.1 Å². The van der Waals surface area contributed by atoms with Gasteiger partial charge in [0.15, 0.2) is 0 Å². The Labute approximate surface area is 159 Å². The van der Waals surface area contributed by atoms with Crippen LogP contribution in [0.4, 0.5) is 18.9 Å². The molecule has 0 N–H and O–H groups in total. The average Bonchev–Trinajstić information content (AvgIpc) is 3.30. The van der Waals surface area contributed by atoms with Crippen LogP contribution in [0.2, 0.25) is 0 Å². The molecule has 3 heterocycles. The molecule has 0 bridgehead atoms. The lowest BCUT2D eigenvalue weighted by molar-refractivity contribution is -0.137. The van der Waals surface area contributed by atoms with Gasteiger partial charge in [-0.3, -0.25) is 14.6 Å². The summed E-state index contributed by atoms with van der Waals surface area (Å²) in [7, 11) is 0. The fraction of sp³-hybridized carbons (Fsp3) is 0.350. The number of rotatable bonds is 3. The number of hydrogen-bond donors (Lipinski definition) is 0. The molecule has 2 aliphatic rings. The van der Waals surface area contributed by atoms with Gasteiger partial charge in [-0.05, 0) is 36.6 Å². The van der Waals surface area contributed by atoms with E-state index >= 15 is 0 Å². The van der Waals surface area contributed by atoms with Crippen molar-refractivity contribution < 1.29 is 22.8 Å². The topological polar surface area (TPSA) is 53.5 Å². The first-order valence-corrected chi connectivity index (χ1v) is 9.07. The fourth-order valence-electron chi connectivity index (χ4n) is 3.63. The summed E-state index contributed by atoms with van der Waals surface area (Å²) in [5, 5.41) is 0. The van der Waals surface area contributed by atoms with Crippen LogP contribution in [0.1, 0.15) is 24.1 Å². The molecule has 0 aliphatic carbocycles. The van der Waals surface area contributed by atoms with Crippen molar-refractivity contribution in [2.75, 3.05) is 24.5 Å². The molecule has 1 aromatic heterocycles. The highest BCUT2D eigenvalue weighted by molar-refractivity contribution is 6.05. The molecule has 5 nitrogen and oxygen atoms in total. The Morgan fingerprint density at radius 3 is 2.57 bits per heavy atom. The number of carbonyl (C=O) groups excluding carboxylic acids is 2. The van der Waals surface area contributed by atoms with Crippen LogP contribution < -0.4 is 4.90 Å². The van der Waals surface area contributed by atoms with Gasteiger partial charge < -0.3 is 9.80 Å². The highest BCUT2D eigenvalue weighted by Crippen LogP contribution is 2.35. The van der Waals surface area contributed by atoms with E-state index in [9.17, 15) is 22.8 Å². The molecular formula is C20H18F3N3O2. The Hall–Kier alpha value is -2.90. The Morgan fingerprint density at radius 2 is 1.86 bits per heavy atom. The molecule has 28 heavy (non-hydrogen) atoms. The zero-order valence-corrected chi connectivity index (χ0v) is 15.0. The third-order valence-corrected chi connectivity index (χ3v) is 5.13. The normalized spacial score (nSPS) is 16.6. The van der Waals surface area contributed by atoms with Crippen LogP contribution in [0.5, 0.6) is 0 Å². The molecule has 0 saturated carbocycles. The minimum atomic E-state index is -4.44. The van der Waals surface area contributed by atoms with Gasteiger partial charge in [0.25, 0.3) is 0 Å². The van der Waals surface area contributed by atoms with Gasteiger partial charge in [-0.25, -0.2) is 0 Å². The van der Waals surface area contributed by atoms with Crippen molar-refractivity contribution in [1.29, 1.82) is 0 Å². The summed E-state index contributed by atoms with van der Waals surface area (Å²) in [6.07, 6.45) is -0.974. The largest absolute Gasteiger partial charge is 0.416 e. The van der Waals surface area contributed by atoms with Crippen LogP contribution in [-0.4, -0.2) is 41.3 Å². The van der Waals surface area contributed by atoms with Crippen LogP contribution in [0, 0.1) is 0 Å². The van der Waals surface area contributed by atoms with Crippen molar-refractivity contribution in [2.24, 2.45) is 0 Å². The minimum Gasteiger partial charge on any atom is -0.341 e. The molecule has 0 atom stereocenters. The molecule has 8 heteroatoms. The number of alkyl halides is 3. The van der Waals surface area contributed by atoms with E-state index in [1.54, 1.807) is 17.0 Å². The first-order valence-electron chi connectivity index (χ1n) is 9.07. The van der Waals surface area contributed by atoms with Crippen molar-refractivity contribution in [3.05, 3.63) is 47.8 Å². The number of halogens is 3. The predicted molar refractivity (Wildman–Crippen MR) is 96.5 cm³/mol. The number of likely N-dealkylation sites (tertiary alicyclic amines) is 1. The summed E-state index contributed by atoms with van der Waals surface area (Å²) >= 11 is 0. The molecule has 4 rings (SSSR count). The minimum absolute atomic E-state index is 0.0699. The van der Waals surface area contributed by atoms with Crippen LogP contribution in [0.25, 0.3) is 11.1 Å². The van der Waals surface area contributed by atoms with E-state index < -0.39 is 11.7 Å². The van der Waals surface area contributed by atoms with E-state index in [0.717, 1.165) is 25.0 Å². The lowest BCUT2D eigenvalue weighted by Gasteiger charge is -2.21. The zero-order chi connectivity index (χ0) is 19.9. The molecule has 0 radical (unpaired) electrons. The van der Waals surface area contributed by atoms with Crippen molar-refractivity contribution >= 4 is 17.5 Å². The number of carbonyl (C=O) groups is 2. The molecule has 0 unspecified atom stereocenters. The Balaban J connectivity index is 1.63. The summed E-state index contributed by atoms with van der Waals surface area (Å²) in [6, 6.07) is 6.61. The standard InChI is InChI=1S/C20H18F3N3O2/c21-20(22,23)15-5-3-4-13(8-15)14-9-17-16(24-11-14)10-18(27)26(17)12-19(28)25-6-1-2-7-25/h3-5,8-9,11H,1-2,6-7,10,12H2. The second-order valence-corrected chi connectivity index (χ2v) is 7.01. The number of anilines is 1. The van der Waals surface area contributed by atoms with Gasteiger partial charge in [0.05, 0.1) is 23.4 Å². The average molecular weight is 389 g/mol. The highest BCUT2D eigenvalue weighted by Gasteiger charge is 2.33. The summed E-state index contributed by atoms with van der Waals surface area (Å²) in [5.41, 5.74) is 1.11. The Morgan fingerprint density at radius 1 is 1.11 bits per heavy atom. The molecule has 2 amide bonds. The highest BCUT2D eigenvalue weighted by atomic mass is 19.4. The molecule has 2 aromatic rings. The smallest absolute Gasteiger partial charge is 0.341 e. The van der Waals surface area contributed by atoms with Gasteiger partial charge in [0.2, 0.25) is 11.8 Å². The summed E-state index contributed by atoms with van der Waals surface area (Å²) in [5.74, 6) is -0.348. The van der Waals surface area contributed by atoms with Crippen LogP contribution in [0.3, 0.4) is 0 Å². The molecule has 1 fully saturated rings. The van der Waals surface area contributed by atoms with E-state index in [4.69, 9.17) is 0 Å². The van der Waals surface area contributed by atoms with Gasteiger partial charge in [-0.1, -0.05) is 12.1 Å². The Bertz CT molecular complexity index is 937. The first-order chi connectivity index (χ1) is 13.3. The first kappa shape index (κ1) is 18.5. The number of fused-ring (bicyclic) bond motifs is 1. The Kier molecular flexibility index (Phi) is 4.56. The monoisotopic (exact) mass is 389 g/mol. The van der Waals surface area contributed by atoms with Gasteiger partial charge in [-0.2, -0.15) is 13.2 Å². The van der Waals surface area contributed by atoms with Crippen molar-refractivity contribution in [3.63, 3.8) is 0 Å². The lowest BCUT2D eigenvalue weighted by atomic mass is 10.0. The maximum absolute atomic E-state index is 13.0. The SMILES string of the molecule is O=C(CN1C(=O)Cc2ncc(-c3cccc(C(F)(F)F)c3)cc21)N1CCCC1. The summed E-state index contributed by atoms with van der Waals surface area (Å²) < 4.78 is 39.0. The molecule has 2 aliphatic heterocycles. The maximum atomic E-state index is 13.0. The summed E-state index contributed by atoms with van der Waals surface area (Å²) in [4.78, 5) is 32.2. The lowest BCUT2D eigenvalue weighted by Crippen LogP contribution is -2.40. The van der Waals surface area contributed by atoms with Crippen molar-refractivity contribution in [1.82, 2.24) is 9.88 Å². The second-order valence-electron chi connectivity index (χ2n) is 7.01. The molecule has 0 spiro atoms. The van der Waals surface area contributed by atoms with Gasteiger partial charge in [0.1, 0.15) is 6.54 Å². The molecule has 1 saturated heterocycles. The maximum Gasteiger partial charge on any atom is 0.416 e.